The lowest BCUT2D eigenvalue weighted by molar-refractivity contribution is -0.121. The molecule has 180 valence electrons. The van der Waals surface area contributed by atoms with E-state index in [1.54, 1.807) is 30.3 Å². The summed E-state index contributed by atoms with van der Waals surface area (Å²) in [6.07, 6.45) is 0.916. The van der Waals surface area contributed by atoms with Gasteiger partial charge in [0.15, 0.2) is 11.5 Å². The third-order valence-corrected chi connectivity index (χ3v) is 5.50. The van der Waals surface area contributed by atoms with Gasteiger partial charge in [0.1, 0.15) is 0 Å². The van der Waals surface area contributed by atoms with Crippen molar-refractivity contribution in [2.24, 2.45) is 0 Å². The van der Waals surface area contributed by atoms with Gasteiger partial charge in [0.05, 0.1) is 37.6 Å². The summed E-state index contributed by atoms with van der Waals surface area (Å²) in [7, 11) is 1.52. The van der Waals surface area contributed by atoms with Gasteiger partial charge in [-0.05, 0) is 50.1 Å². The average molecular weight is 466 g/mol. The Morgan fingerprint density at radius 2 is 1.82 bits per heavy atom. The molecule has 1 N–H and O–H groups in total. The number of morpholine rings is 1. The summed E-state index contributed by atoms with van der Waals surface area (Å²) < 4.78 is 16.6. The Morgan fingerprint density at radius 3 is 2.47 bits per heavy atom. The van der Waals surface area contributed by atoms with E-state index in [1.807, 2.05) is 30.9 Å². The molecule has 1 fully saturated rings. The molecule has 0 spiro atoms. The molecule has 1 saturated heterocycles. The van der Waals surface area contributed by atoms with E-state index in [1.165, 1.54) is 7.11 Å². The average Bonchev–Trinajstić information content (AvgIpc) is 2.84. The van der Waals surface area contributed by atoms with Crippen LogP contribution in [0.2, 0.25) is 0 Å². The summed E-state index contributed by atoms with van der Waals surface area (Å²) in [6, 6.07) is 14.3. The second-order valence-electron chi connectivity index (χ2n) is 8.37. The maximum atomic E-state index is 12.8. The van der Waals surface area contributed by atoms with E-state index >= 15 is 0 Å². The van der Waals surface area contributed by atoms with Crippen molar-refractivity contribution in [3.05, 3.63) is 59.2 Å². The first-order chi connectivity index (χ1) is 16.4. The Morgan fingerprint density at radius 1 is 1.12 bits per heavy atom. The number of nitriles is 1. The summed E-state index contributed by atoms with van der Waals surface area (Å²) in [5.41, 5.74) is 2.05. The molecule has 1 heterocycles. The Hall–Kier alpha value is -3.57. The lowest BCUT2D eigenvalue weighted by atomic mass is 10.1. The van der Waals surface area contributed by atoms with Gasteiger partial charge in [-0.3, -0.25) is 9.59 Å². The van der Waals surface area contributed by atoms with Crippen molar-refractivity contribution in [3.8, 4) is 17.6 Å². The molecule has 0 bridgehead atoms. The van der Waals surface area contributed by atoms with Gasteiger partial charge in [-0.25, -0.2) is 0 Å². The highest BCUT2D eigenvalue weighted by Crippen LogP contribution is 2.28. The van der Waals surface area contributed by atoms with Crippen molar-refractivity contribution in [1.29, 1.82) is 5.26 Å². The molecule has 8 nitrogen and oxygen atoms in total. The van der Waals surface area contributed by atoms with Gasteiger partial charge in [0.2, 0.25) is 5.91 Å². The van der Waals surface area contributed by atoms with Gasteiger partial charge >= 0.3 is 0 Å². The first-order valence-electron chi connectivity index (χ1n) is 11.4. The zero-order chi connectivity index (χ0) is 24.5. The van der Waals surface area contributed by atoms with Crippen LogP contribution in [0, 0.1) is 11.3 Å². The van der Waals surface area contributed by atoms with Gasteiger partial charge in [-0.15, -0.1) is 0 Å². The van der Waals surface area contributed by atoms with Crippen LogP contribution in [0.4, 0.5) is 0 Å². The van der Waals surface area contributed by atoms with Crippen LogP contribution in [0.5, 0.6) is 11.5 Å². The molecule has 0 radical (unpaired) electrons. The van der Waals surface area contributed by atoms with Crippen molar-refractivity contribution in [1.82, 2.24) is 10.2 Å². The van der Waals surface area contributed by atoms with Crippen LogP contribution in [0.25, 0.3) is 0 Å². The molecule has 2 aromatic rings. The topological polar surface area (TPSA) is 101 Å². The smallest absolute Gasteiger partial charge is 0.254 e. The standard InChI is InChI=1S/C26H31N3O5/c1-18-16-29(17-19(2)34-18)26(31)22-9-6-20(7-10-22)15-28-25(30)5-4-12-33-23-11-8-21(14-27)13-24(23)32-3/h6-11,13,18-19H,4-5,12,15-17H2,1-3H3,(H,28,30). The largest absolute Gasteiger partial charge is 0.493 e. The molecule has 2 unspecified atom stereocenters. The molecular weight excluding hydrogens is 434 g/mol. The lowest BCUT2D eigenvalue weighted by Gasteiger charge is -2.35. The minimum atomic E-state index is -0.0770. The van der Waals surface area contributed by atoms with Crippen molar-refractivity contribution in [3.63, 3.8) is 0 Å². The maximum absolute atomic E-state index is 12.8. The second kappa shape index (κ2) is 12.1. The van der Waals surface area contributed by atoms with E-state index in [9.17, 15) is 9.59 Å². The van der Waals surface area contributed by atoms with Gasteiger partial charge in [-0.2, -0.15) is 5.26 Å². The normalized spacial score (nSPS) is 17.5. The van der Waals surface area contributed by atoms with Crippen LogP contribution < -0.4 is 14.8 Å². The summed E-state index contributed by atoms with van der Waals surface area (Å²) in [5.74, 6) is 0.948. The van der Waals surface area contributed by atoms with Gasteiger partial charge in [0.25, 0.3) is 5.91 Å². The third-order valence-electron chi connectivity index (χ3n) is 5.50. The number of carbonyl (C=O) groups excluding carboxylic acids is 2. The van der Waals surface area contributed by atoms with E-state index in [2.05, 4.69) is 11.4 Å². The lowest BCUT2D eigenvalue weighted by Crippen LogP contribution is -2.48. The molecule has 0 aliphatic carbocycles. The van der Waals surface area contributed by atoms with Crippen molar-refractivity contribution >= 4 is 11.8 Å². The highest BCUT2D eigenvalue weighted by molar-refractivity contribution is 5.94. The molecule has 1 aliphatic heterocycles. The third kappa shape index (κ3) is 6.96. The predicted octanol–water partition coefficient (Wildman–Crippen LogP) is 3.29. The van der Waals surface area contributed by atoms with Gasteiger partial charge in [-0.1, -0.05) is 12.1 Å². The summed E-state index contributed by atoms with van der Waals surface area (Å²) in [6.45, 7) is 5.86. The van der Waals surface area contributed by atoms with E-state index < -0.39 is 0 Å². The van der Waals surface area contributed by atoms with Crippen LogP contribution in [-0.4, -0.2) is 55.7 Å². The molecule has 0 aromatic heterocycles. The summed E-state index contributed by atoms with van der Waals surface area (Å²) in [4.78, 5) is 26.8. The first kappa shape index (κ1) is 25.1. The highest BCUT2D eigenvalue weighted by Gasteiger charge is 2.26. The first-order valence-corrected chi connectivity index (χ1v) is 11.4. The Bertz CT molecular complexity index is 1020. The van der Waals surface area contributed by atoms with Gasteiger partial charge in [0, 0.05) is 37.7 Å². The van der Waals surface area contributed by atoms with Crippen LogP contribution in [0.15, 0.2) is 42.5 Å². The fourth-order valence-corrected chi connectivity index (χ4v) is 3.85. The number of hydrogen-bond donors (Lipinski definition) is 1. The molecule has 2 aromatic carbocycles. The summed E-state index contributed by atoms with van der Waals surface area (Å²) in [5, 5.41) is 11.8. The molecule has 34 heavy (non-hydrogen) atoms. The van der Waals surface area contributed by atoms with E-state index in [4.69, 9.17) is 19.5 Å². The SMILES string of the molecule is COc1cc(C#N)ccc1OCCCC(=O)NCc1ccc(C(=O)N2CC(C)OC(C)C2)cc1. The van der Waals surface area contributed by atoms with E-state index in [0.29, 0.717) is 61.7 Å². The van der Waals surface area contributed by atoms with E-state index in [0.717, 1.165) is 5.56 Å². The van der Waals surface area contributed by atoms with Crippen LogP contribution in [0.3, 0.4) is 0 Å². The molecule has 0 saturated carbocycles. The number of amides is 2. The Kier molecular flexibility index (Phi) is 8.88. The van der Waals surface area contributed by atoms with Gasteiger partial charge < -0.3 is 24.4 Å². The number of benzene rings is 2. The predicted molar refractivity (Wildman–Crippen MR) is 127 cm³/mol. The minimum Gasteiger partial charge on any atom is -0.493 e. The van der Waals surface area contributed by atoms with Crippen LogP contribution >= 0.6 is 0 Å². The fourth-order valence-electron chi connectivity index (χ4n) is 3.85. The number of carbonyl (C=O) groups is 2. The number of nitrogens with one attached hydrogen (secondary N) is 1. The van der Waals surface area contributed by atoms with Crippen molar-refractivity contribution in [2.45, 2.75) is 45.4 Å². The Balaban J connectivity index is 1.40. The Labute approximate surface area is 200 Å². The number of ether oxygens (including phenoxy) is 3. The molecule has 1 aliphatic rings. The number of rotatable bonds is 9. The highest BCUT2D eigenvalue weighted by atomic mass is 16.5. The van der Waals surface area contributed by atoms with E-state index in [-0.39, 0.29) is 24.0 Å². The molecule has 8 heteroatoms. The summed E-state index contributed by atoms with van der Waals surface area (Å²) >= 11 is 0. The maximum Gasteiger partial charge on any atom is 0.254 e. The number of methoxy groups -OCH3 is 1. The van der Waals surface area contributed by atoms with Crippen molar-refractivity contribution in [2.75, 3.05) is 26.8 Å². The second-order valence-corrected chi connectivity index (χ2v) is 8.37. The molecule has 2 amide bonds. The monoisotopic (exact) mass is 465 g/mol. The molecule has 3 rings (SSSR count). The zero-order valence-electron chi connectivity index (χ0n) is 19.9. The van der Waals surface area contributed by atoms with Crippen molar-refractivity contribution < 1.29 is 23.8 Å². The number of nitrogens with zero attached hydrogens (tertiary/aromatic N) is 2. The molecule has 2 atom stereocenters. The fraction of sp³-hybridized carbons (Fsp3) is 0.423. The van der Waals surface area contributed by atoms with Crippen LogP contribution in [0.1, 0.15) is 48.2 Å². The van der Waals surface area contributed by atoms with Crippen LogP contribution in [-0.2, 0) is 16.1 Å². The quantitative estimate of drug-likeness (QED) is 0.571. The molecular formula is C26H31N3O5. The minimum absolute atomic E-state index is 0.00326. The number of hydrogen-bond acceptors (Lipinski definition) is 6. The zero-order valence-corrected chi connectivity index (χ0v) is 19.9.